The second-order valence-electron chi connectivity index (χ2n) is 5.06. The Hall–Kier alpha value is -0.650. The molecule has 1 aliphatic heterocycles. The van der Waals surface area contributed by atoms with Crippen molar-refractivity contribution in [1.29, 1.82) is 0 Å². The van der Waals surface area contributed by atoms with E-state index in [1.54, 1.807) is 7.11 Å². The first-order chi connectivity index (χ1) is 9.08. The topological polar surface area (TPSA) is 38.5 Å². The summed E-state index contributed by atoms with van der Waals surface area (Å²) in [6, 6.07) is 3.69. The van der Waals surface area contributed by atoms with Crippen molar-refractivity contribution in [2.24, 2.45) is 11.7 Å². The highest BCUT2D eigenvalue weighted by Gasteiger charge is 2.28. The average molecular weight is 331 g/mol. The van der Waals surface area contributed by atoms with Gasteiger partial charge in [-0.15, -0.1) is 0 Å². The van der Waals surface area contributed by atoms with E-state index in [0.29, 0.717) is 22.6 Å². The number of hydrogen-bond donors (Lipinski definition) is 1. The molecule has 106 valence electrons. The zero-order valence-corrected chi connectivity index (χ0v) is 12.9. The van der Waals surface area contributed by atoms with Crippen molar-refractivity contribution in [2.45, 2.75) is 26.0 Å². The van der Waals surface area contributed by atoms with E-state index in [9.17, 15) is 4.39 Å². The number of nitrogens with zero attached hydrogens (tertiary/aromatic N) is 1. The molecule has 3 nitrogen and oxygen atoms in total. The number of nitrogens with two attached hydrogens (primary N) is 1. The molecule has 0 amide bonds. The van der Waals surface area contributed by atoms with Crippen LogP contribution in [0.3, 0.4) is 0 Å². The molecule has 0 bridgehead atoms. The van der Waals surface area contributed by atoms with Crippen molar-refractivity contribution in [3.05, 3.63) is 28.0 Å². The van der Waals surface area contributed by atoms with Crippen LogP contribution in [0.15, 0.2) is 16.6 Å². The zero-order valence-electron chi connectivity index (χ0n) is 11.3. The van der Waals surface area contributed by atoms with Crippen LogP contribution in [-0.4, -0.2) is 26.3 Å². The predicted octanol–water partition coefficient (Wildman–Crippen LogP) is 2.91. The van der Waals surface area contributed by atoms with Gasteiger partial charge in [0.25, 0.3) is 0 Å². The van der Waals surface area contributed by atoms with Gasteiger partial charge in [0, 0.05) is 26.7 Å². The van der Waals surface area contributed by atoms with E-state index in [-0.39, 0.29) is 11.9 Å². The van der Waals surface area contributed by atoms with Crippen LogP contribution in [0.4, 0.5) is 10.1 Å². The number of halogens is 2. The van der Waals surface area contributed by atoms with E-state index in [1.165, 1.54) is 0 Å². The Morgan fingerprint density at radius 2 is 2.26 bits per heavy atom. The molecule has 0 radical (unpaired) electrons. The molecule has 2 N–H and O–H groups in total. The maximum absolute atomic E-state index is 14.4. The van der Waals surface area contributed by atoms with Crippen LogP contribution in [0.5, 0.6) is 0 Å². The van der Waals surface area contributed by atoms with Gasteiger partial charge in [-0.25, -0.2) is 4.39 Å². The molecular weight excluding hydrogens is 311 g/mol. The third kappa shape index (κ3) is 2.93. The molecule has 1 aromatic rings. The summed E-state index contributed by atoms with van der Waals surface area (Å²) in [7, 11) is 1.72. The summed E-state index contributed by atoms with van der Waals surface area (Å²) >= 11 is 3.29. The summed E-state index contributed by atoms with van der Waals surface area (Å²) < 4.78 is 20.3. The number of ether oxygens (including phenoxy) is 1. The molecule has 19 heavy (non-hydrogen) atoms. The molecule has 0 aliphatic carbocycles. The monoisotopic (exact) mass is 330 g/mol. The smallest absolute Gasteiger partial charge is 0.160 e. The number of methoxy groups -OCH3 is 1. The Kier molecular flexibility index (Phi) is 4.81. The molecule has 1 aromatic carbocycles. The van der Waals surface area contributed by atoms with Gasteiger partial charge in [0.05, 0.1) is 16.3 Å². The first-order valence-corrected chi connectivity index (χ1v) is 7.32. The minimum atomic E-state index is -0.229. The largest absolute Gasteiger partial charge is 0.379 e. The number of hydrogen-bond acceptors (Lipinski definition) is 3. The number of benzene rings is 1. The lowest BCUT2D eigenvalue weighted by molar-refractivity contribution is 0.0497. The van der Waals surface area contributed by atoms with E-state index in [1.807, 2.05) is 12.1 Å². The maximum atomic E-state index is 14.4. The molecule has 1 heterocycles. The van der Waals surface area contributed by atoms with Crippen molar-refractivity contribution in [3.63, 3.8) is 0 Å². The normalized spacial score (nSPS) is 23.7. The van der Waals surface area contributed by atoms with Gasteiger partial charge >= 0.3 is 0 Å². The van der Waals surface area contributed by atoms with Gasteiger partial charge in [-0.3, -0.25) is 0 Å². The van der Waals surface area contributed by atoms with Crippen LogP contribution in [-0.2, 0) is 11.3 Å². The van der Waals surface area contributed by atoms with Crippen molar-refractivity contribution >= 4 is 21.6 Å². The van der Waals surface area contributed by atoms with Crippen molar-refractivity contribution in [3.8, 4) is 0 Å². The van der Waals surface area contributed by atoms with E-state index < -0.39 is 0 Å². The van der Waals surface area contributed by atoms with Gasteiger partial charge in [0.1, 0.15) is 0 Å². The predicted molar refractivity (Wildman–Crippen MR) is 78.8 cm³/mol. The van der Waals surface area contributed by atoms with Gasteiger partial charge < -0.3 is 15.4 Å². The molecule has 1 aliphatic rings. The highest BCUT2D eigenvalue weighted by atomic mass is 79.9. The summed E-state index contributed by atoms with van der Waals surface area (Å²) in [5.74, 6) is 0.281. The van der Waals surface area contributed by atoms with Crippen LogP contribution in [0.1, 0.15) is 18.9 Å². The molecule has 1 saturated heterocycles. The van der Waals surface area contributed by atoms with E-state index in [2.05, 4.69) is 27.8 Å². The summed E-state index contributed by atoms with van der Waals surface area (Å²) in [6.45, 7) is 4.08. The van der Waals surface area contributed by atoms with E-state index in [0.717, 1.165) is 25.1 Å². The summed E-state index contributed by atoms with van der Waals surface area (Å²) in [4.78, 5) is 2.05. The van der Waals surface area contributed by atoms with Crippen LogP contribution in [0.2, 0.25) is 0 Å². The maximum Gasteiger partial charge on any atom is 0.160 e. The Bertz CT molecular complexity index is 455. The van der Waals surface area contributed by atoms with E-state index >= 15 is 0 Å². The molecular formula is C14H20BrFN2O. The highest BCUT2D eigenvalue weighted by molar-refractivity contribution is 9.10. The SMILES string of the molecule is COC1CN(c2ccc(CN)c(Br)c2F)CCC1C. The van der Waals surface area contributed by atoms with Gasteiger partial charge in [-0.05, 0) is 39.9 Å². The Labute approximate surface area is 122 Å². The fourth-order valence-electron chi connectivity index (χ4n) is 2.54. The first kappa shape index (κ1) is 14.8. The second kappa shape index (κ2) is 6.20. The van der Waals surface area contributed by atoms with Gasteiger partial charge in [0.2, 0.25) is 0 Å². The highest BCUT2D eigenvalue weighted by Crippen LogP contribution is 2.32. The molecule has 0 spiro atoms. The minimum Gasteiger partial charge on any atom is -0.379 e. The van der Waals surface area contributed by atoms with Gasteiger partial charge in [0.15, 0.2) is 5.82 Å². The lowest BCUT2D eigenvalue weighted by Gasteiger charge is -2.37. The van der Waals surface area contributed by atoms with Crippen molar-refractivity contribution in [1.82, 2.24) is 0 Å². The van der Waals surface area contributed by atoms with Crippen LogP contribution in [0, 0.1) is 11.7 Å². The minimum absolute atomic E-state index is 0.154. The fourth-order valence-corrected chi connectivity index (χ4v) is 3.04. The molecule has 0 aromatic heterocycles. The Morgan fingerprint density at radius 1 is 1.53 bits per heavy atom. The second-order valence-corrected chi connectivity index (χ2v) is 5.86. The quantitative estimate of drug-likeness (QED) is 0.926. The van der Waals surface area contributed by atoms with Crippen LogP contribution >= 0.6 is 15.9 Å². The molecule has 2 atom stereocenters. The van der Waals surface area contributed by atoms with Crippen LogP contribution < -0.4 is 10.6 Å². The standard InChI is InChI=1S/C14H20BrFN2O/c1-9-5-6-18(8-12(9)19-2)11-4-3-10(7-17)13(15)14(11)16/h3-4,9,12H,5-8,17H2,1-2H3. The van der Waals surface area contributed by atoms with E-state index in [4.69, 9.17) is 10.5 Å². The Balaban J connectivity index is 2.25. The summed E-state index contributed by atoms with van der Waals surface area (Å²) in [6.07, 6.45) is 1.16. The third-order valence-corrected chi connectivity index (χ3v) is 4.75. The number of anilines is 1. The van der Waals surface area contributed by atoms with Gasteiger partial charge in [-0.1, -0.05) is 13.0 Å². The average Bonchev–Trinajstić information content (AvgIpc) is 2.43. The third-order valence-electron chi connectivity index (χ3n) is 3.89. The molecule has 2 rings (SSSR count). The van der Waals surface area contributed by atoms with Crippen molar-refractivity contribution in [2.75, 3.05) is 25.1 Å². The lowest BCUT2D eigenvalue weighted by Crippen LogP contribution is -2.44. The molecule has 5 heteroatoms. The number of piperidine rings is 1. The summed E-state index contributed by atoms with van der Waals surface area (Å²) in [5, 5.41) is 0. The Morgan fingerprint density at radius 3 is 2.89 bits per heavy atom. The molecule has 0 saturated carbocycles. The molecule has 2 unspecified atom stereocenters. The van der Waals surface area contributed by atoms with Crippen LogP contribution in [0.25, 0.3) is 0 Å². The lowest BCUT2D eigenvalue weighted by atomic mass is 9.95. The summed E-state index contributed by atoms with van der Waals surface area (Å²) in [5.41, 5.74) is 6.99. The zero-order chi connectivity index (χ0) is 14.0. The van der Waals surface area contributed by atoms with Crippen molar-refractivity contribution < 1.29 is 9.13 Å². The fraction of sp³-hybridized carbons (Fsp3) is 0.571. The number of rotatable bonds is 3. The van der Waals surface area contributed by atoms with Gasteiger partial charge in [-0.2, -0.15) is 0 Å². The first-order valence-electron chi connectivity index (χ1n) is 6.53. The molecule has 1 fully saturated rings.